The van der Waals surface area contributed by atoms with Crippen LogP contribution in [0.25, 0.3) is 0 Å². The zero-order valence-electron chi connectivity index (χ0n) is 18.5. The summed E-state index contributed by atoms with van der Waals surface area (Å²) in [5.41, 5.74) is -0.0508. The predicted octanol–water partition coefficient (Wildman–Crippen LogP) is 4.44. The molecular formula is C25H32F2N2O3. The molecule has 5 nitrogen and oxygen atoms in total. The maximum atomic E-state index is 13.5. The van der Waals surface area contributed by atoms with Gasteiger partial charge in [0.25, 0.3) is 0 Å². The molecule has 2 N–H and O–H groups in total. The topological polar surface area (TPSA) is 61.8 Å². The molecule has 1 saturated heterocycles. The summed E-state index contributed by atoms with van der Waals surface area (Å²) in [5, 5.41) is 14.3. The minimum atomic E-state index is -1.30. The molecule has 0 spiro atoms. The van der Waals surface area contributed by atoms with Gasteiger partial charge >= 0.3 is 6.09 Å². The molecular weight excluding hydrogens is 414 g/mol. The fraction of sp³-hybridized carbons (Fsp3) is 0.480. The van der Waals surface area contributed by atoms with Gasteiger partial charge in [0.15, 0.2) is 0 Å². The van der Waals surface area contributed by atoms with E-state index in [9.17, 15) is 18.7 Å². The van der Waals surface area contributed by atoms with Crippen molar-refractivity contribution in [2.24, 2.45) is 5.92 Å². The number of piperidine rings is 1. The summed E-state index contributed by atoms with van der Waals surface area (Å²) < 4.78 is 32.0. The van der Waals surface area contributed by atoms with E-state index in [2.05, 4.69) is 10.2 Å². The van der Waals surface area contributed by atoms with E-state index in [1.54, 1.807) is 31.3 Å². The molecule has 2 aromatic carbocycles. The summed E-state index contributed by atoms with van der Waals surface area (Å²) in [6.07, 6.45) is 3.99. The van der Waals surface area contributed by atoms with Crippen molar-refractivity contribution >= 4 is 6.09 Å². The fourth-order valence-corrected chi connectivity index (χ4v) is 4.47. The maximum absolute atomic E-state index is 13.5. The van der Waals surface area contributed by atoms with Gasteiger partial charge in [-0.2, -0.15) is 0 Å². The molecule has 174 valence electrons. The summed E-state index contributed by atoms with van der Waals surface area (Å²) in [6, 6.07) is 11.9. The average molecular weight is 447 g/mol. The first kappa shape index (κ1) is 24.1. The molecule has 0 saturated carbocycles. The van der Waals surface area contributed by atoms with Crippen LogP contribution in [0.1, 0.15) is 43.2 Å². The number of carbonyl (C=O) groups is 1. The molecule has 1 amide bonds. The third-order valence-electron chi connectivity index (χ3n) is 6.30. The number of hydrogen-bond donors (Lipinski definition) is 2. The van der Waals surface area contributed by atoms with Crippen molar-refractivity contribution in [2.45, 2.75) is 37.7 Å². The van der Waals surface area contributed by atoms with Gasteiger partial charge in [-0.25, -0.2) is 13.6 Å². The van der Waals surface area contributed by atoms with Crippen molar-refractivity contribution in [2.75, 3.05) is 33.3 Å². The largest absolute Gasteiger partial charge is 0.450 e. The van der Waals surface area contributed by atoms with E-state index in [1.165, 1.54) is 24.3 Å². The average Bonchev–Trinajstić information content (AvgIpc) is 2.82. The minimum Gasteiger partial charge on any atom is -0.450 e. The van der Waals surface area contributed by atoms with Crippen LogP contribution in [0.4, 0.5) is 13.6 Å². The number of nitrogens with zero attached hydrogens (tertiary/aromatic N) is 1. The van der Waals surface area contributed by atoms with Crippen molar-refractivity contribution in [3.05, 3.63) is 71.3 Å². The molecule has 7 heteroatoms. The third kappa shape index (κ3) is 6.04. The van der Waals surface area contributed by atoms with Crippen LogP contribution in [0.5, 0.6) is 0 Å². The van der Waals surface area contributed by atoms with Crippen LogP contribution in [0.3, 0.4) is 0 Å². The van der Waals surface area contributed by atoms with E-state index < -0.39 is 11.7 Å². The Morgan fingerprint density at radius 2 is 1.53 bits per heavy atom. The van der Waals surface area contributed by atoms with Crippen LogP contribution in [-0.2, 0) is 10.3 Å². The highest BCUT2D eigenvalue weighted by atomic mass is 19.1. The van der Waals surface area contributed by atoms with Gasteiger partial charge in [0.1, 0.15) is 17.2 Å². The van der Waals surface area contributed by atoms with Crippen LogP contribution in [0, 0.1) is 17.6 Å². The number of ether oxygens (including phenoxy) is 1. The Bertz CT molecular complexity index is 805. The molecule has 0 atom stereocenters. The van der Waals surface area contributed by atoms with E-state index >= 15 is 0 Å². The van der Waals surface area contributed by atoms with Crippen LogP contribution >= 0.6 is 0 Å². The number of aliphatic hydroxyl groups is 1. The molecule has 0 bridgehead atoms. The van der Waals surface area contributed by atoms with Crippen molar-refractivity contribution < 1.29 is 23.4 Å². The summed E-state index contributed by atoms with van der Waals surface area (Å²) in [6.45, 7) is 3.08. The van der Waals surface area contributed by atoms with E-state index in [-0.39, 0.29) is 17.6 Å². The fourth-order valence-electron chi connectivity index (χ4n) is 4.47. The lowest BCUT2D eigenvalue weighted by atomic mass is 9.72. The van der Waals surface area contributed by atoms with E-state index in [0.717, 1.165) is 51.7 Å². The van der Waals surface area contributed by atoms with E-state index in [0.29, 0.717) is 17.7 Å². The number of amides is 1. The van der Waals surface area contributed by atoms with Crippen molar-refractivity contribution in [3.63, 3.8) is 0 Å². The Kier molecular flexibility index (Phi) is 8.59. The number of hydrogen-bond acceptors (Lipinski definition) is 4. The van der Waals surface area contributed by atoms with Crippen molar-refractivity contribution in [3.8, 4) is 0 Å². The first-order chi connectivity index (χ1) is 15.4. The molecule has 0 aliphatic carbocycles. The third-order valence-corrected chi connectivity index (χ3v) is 6.30. The lowest BCUT2D eigenvalue weighted by molar-refractivity contribution is -0.0144. The number of benzene rings is 2. The van der Waals surface area contributed by atoms with Gasteiger partial charge in [-0.15, -0.1) is 0 Å². The van der Waals surface area contributed by atoms with Gasteiger partial charge in [0.2, 0.25) is 0 Å². The van der Waals surface area contributed by atoms with E-state index in [1.807, 2.05) is 0 Å². The van der Waals surface area contributed by atoms with Crippen molar-refractivity contribution in [1.82, 2.24) is 10.2 Å². The van der Waals surface area contributed by atoms with Gasteiger partial charge in [-0.1, -0.05) is 24.3 Å². The Labute approximate surface area is 188 Å². The zero-order chi connectivity index (χ0) is 23.0. The lowest BCUT2D eigenvalue weighted by Crippen LogP contribution is -2.44. The number of rotatable bonds is 9. The first-order valence-electron chi connectivity index (χ1n) is 11.2. The molecule has 1 aliphatic heterocycles. The molecule has 0 aromatic heterocycles. The standard InChI is InChI=1S/C25H32F2N2O3/c1-28-24(30)32-18-4-2-3-15-29-16-13-21(14-17-29)25(31,19-5-9-22(26)10-6-19)20-7-11-23(27)12-8-20/h5-12,21,31H,2-4,13-18H2,1H3,(H,28,30). The van der Waals surface area contributed by atoms with Crippen LogP contribution < -0.4 is 5.32 Å². The molecule has 1 fully saturated rings. The number of carbonyl (C=O) groups excluding carboxylic acids is 1. The monoisotopic (exact) mass is 446 g/mol. The van der Waals surface area contributed by atoms with Crippen LogP contribution in [0.15, 0.2) is 48.5 Å². The molecule has 1 aliphatic rings. The molecule has 3 rings (SSSR count). The Morgan fingerprint density at radius 3 is 2.03 bits per heavy atom. The summed E-state index contributed by atoms with van der Waals surface area (Å²) in [4.78, 5) is 13.4. The molecule has 2 aromatic rings. The smallest absolute Gasteiger partial charge is 0.406 e. The van der Waals surface area contributed by atoms with E-state index in [4.69, 9.17) is 4.74 Å². The van der Waals surface area contributed by atoms with Crippen LogP contribution in [0.2, 0.25) is 0 Å². The number of likely N-dealkylation sites (tertiary alicyclic amines) is 1. The first-order valence-corrected chi connectivity index (χ1v) is 11.2. The molecule has 32 heavy (non-hydrogen) atoms. The highest BCUT2D eigenvalue weighted by Gasteiger charge is 2.41. The normalized spacial score (nSPS) is 15.5. The number of nitrogens with one attached hydrogen (secondary N) is 1. The quantitative estimate of drug-likeness (QED) is 0.559. The summed E-state index contributed by atoms with van der Waals surface area (Å²) in [5.74, 6) is -0.771. The second kappa shape index (κ2) is 11.4. The van der Waals surface area contributed by atoms with Crippen LogP contribution in [-0.4, -0.2) is 49.4 Å². The van der Waals surface area contributed by atoms with Gasteiger partial charge in [0, 0.05) is 7.05 Å². The SMILES string of the molecule is CNC(=O)OCCCCCN1CCC(C(O)(c2ccc(F)cc2)c2ccc(F)cc2)CC1. The molecule has 0 radical (unpaired) electrons. The Hall–Kier alpha value is -2.51. The summed E-state index contributed by atoms with van der Waals surface area (Å²) >= 11 is 0. The van der Waals surface area contributed by atoms with Gasteiger partial charge in [-0.3, -0.25) is 0 Å². The maximum Gasteiger partial charge on any atom is 0.406 e. The second-order valence-corrected chi connectivity index (χ2v) is 8.34. The minimum absolute atomic E-state index is 0.0596. The van der Waals surface area contributed by atoms with Gasteiger partial charge in [-0.05, 0) is 93.0 Å². The second-order valence-electron chi connectivity index (χ2n) is 8.34. The molecule has 1 heterocycles. The number of unbranched alkanes of at least 4 members (excludes halogenated alkanes) is 2. The number of alkyl carbamates (subject to hydrolysis) is 1. The zero-order valence-corrected chi connectivity index (χ0v) is 18.5. The number of halogens is 2. The van der Waals surface area contributed by atoms with Gasteiger partial charge in [0.05, 0.1) is 6.61 Å². The van der Waals surface area contributed by atoms with Gasteiger partial charge < -0.3 is 20.1 Å². The molecule has 0 unspecified atom stereocenters. The lowest BCUT2D eigenvalue weighted by Gasteiger charge is -2.42. The highest BCUT2D eigenvalue weighted by Crippen LogP contribution is 2.42. The summed E-state index contributed by atoms with van der Waals surface area (Å²) in [7, 11) is 1.54. The predicted molar refractivity (Wildman–Crippen MR) is 119 cm³/mol. The Morgan fingerprint density at radius 1 is 1.00 bits per heavy atom. The Balaban J connectivity index is 1.58. The highest BCUT2D eigenvalue weighted by molar-refractivity contribution is 5.66. The van der Waals surface area contributed by atoms with Crippen molar-refractivity contribution in [1.29, 1.82) is 0 Å².